The van der Waals surface area contributed by atoms with Gasteiger partial charge in [0.2, 0.25) is 5.95 Å². The van der Waals surface area contributed by atoms with Crippen molar-refractivity contribution in [3.8, 4) is 5.75 Å². The van der Waals surface area contributed by atoms with Crippen LogP contribution in [0.1, 0.15) is 36.0 Å². The van der Waals surface area contributed by atoms with E-state index in [0.29, 0.717) is 50.2 Å². The Balaban J connectivity index is 1.17. The molecule has 12 nitrogen and oxygen atoms in total. The van der Waals surface area contributed by atoms with Gasteiger partial charge in [0.1, 0.15) is 17.4 Å². The summed E-state index contributed by atoms with van der Waals surface area (Å²) in [5, 5.41) is 6.57. The summed E-state index contributed by atoms with van der Waals surface area (Å²) in [5.74, 6) is 0.454. The first-order valence-electron chi connectivity index (χ1n) is 15.1. The van der Waals surface area contributed by atoms with E-state index in [1.807, 2.05) is 0 Å². The zero-order chi connectivity index (χ0) is 34.6. The third-order valence-corrected chi connectivity index (χ3v) is 8.31. The minimum absolute atomic E-state index is 0.134. The molecular formula is C30H34F6N8O4. The van der Waals surface area contributed by atoms with Crippen molar-refractivity contribution in [1.29, 1.82) is 0 Å². The number of ether oxygens (including phenoxy) is 2. The van der Waals surface area contributed by atoms with Crippen molar-refractivity contribution in [2.75, 3.05) is 50.1 Å². The summed E-state index contributed by atoms with van der Waals surface area (Å²) in [7, 11) is 1.47. The number of carbonyl (C=O) groups excluding carboxylic acids is 1. The van der Waals surface area contributed by atoms with Crippen LogP contribution in [-0.2, 0) is 28.4 Å². The largest absolute Gasteiger partial charge is 0.497 e. The second kappa shape index (κ2) is 14.3. The minimum atomic E-state index is -5.00. The first-order valence-corrected chi connectivity index (χ1v) is 15.1. The first kappa shape index (κ1) is 34.9. The number of nitrogens with one attached hydrogen (secondary N) is 1. The number of nitrogens with two attached hydrogens (primary N) is 1. The van der Waals surface area contributed by atoms with Gasteiger partial charge < -0.3 is 30.3 Å². The Kier molecular flexibility index (Phi) is 10.4. The van der Waals surface area contributed by atoms with Crippen molar-refractivity contribution in [3.63, 3.8) is 0 Å². The number of nitrogens with zero attached hydrogens (tertiary/aromatic N) is 6. The van der Waals surface area contributed by atoms with E-state index in [0.717, 1.165) is 23.3 Å². The molecule has 2 aromatic heterocycles. The number of likely N-dealkylation sites (tertiary alicyclic amines) is 1. The fourth-order valence-corrected chi connectivity index (χ4v) is 5.71. The van der Waals surface area contributed by atoms with Gasteiger partial charge in [-0.05, 0) is 30.5 Å². The van der Waals surface area contributed by atoms with E-state index in [1.165, 1.54) is 7.11 Å². The van der Waals surface area contributed by atoms with Crippen LogP contribution in [0.15, 0.2) is 47.7 Å². The number of anilines is 2. The summed E-state index contributed by atoms with van der Waals surface area (Å²) >= 11 is 0. The molecule has 0 spiro atoms. The number of piperidine rings is 1. The Morgan fingerprint density at radius 2 is 1.62 bits per heavy atom. The molecule has 0 aliphatic carbocycles. The predicted molar refractivity (Wildman–Crippen MR) is 160 cm³/mol. The van der Waals surface area contributed by atoms with E-state index in [-0.39, 0.29) is 37.6 Å². The van der Waals surface area contributed by atoms with Crippen LogP contribution < -0.4 is 26.2 Å². The monoisotopic (exact) mass is 684 g/mol. The third kappa shape index (κ3) is 7.98. The lowest BCUT2D eigenvalue weighted by molar-refractivity contribution is -0.139. The molecule has 4 heterocycles. The predicted octanol–water partition coefficient (Wildman–Crippen LogP) is 3.15. The van der Waals surface area contributed by atoms with Crippen LogP contribution in [0.25, 0.3) is 0 Å². The van der Waals surface area contributed by atoms with Crippen molar-refractivity contribution >= 4 is 17.5 Å². The van der Waals surface area contributed by atoms with Gasteiger partial charge in [-0.15, -0.1) is 0 Å². The van der Waals surface area contributed by atoms with Crippen molar-refractivity contribution in [2.24, 2.45) is 5.73 Å². The quantitative estimate of drug-likeness (QED) is 0.290. The summed E-state index contributed by atoms with van der Waals surface area (Å²) in [4.78, 5) is 37.2. The van der Waals surface area contributed by atoms with Crippen LogP contribution in [0.4, 0.5) is 38.0 Å². The summed E-state index contributed by atoms with van der Waals surface area (Å²) in [6.07, 6.45) is -6.55. The number of amides is 1. The average molecular weight is 685 g/mol. The molecule has 3 N–H and O–H groups in total. The van der Waals surface area contributed by atoms with Gasteiger partial charge in [0.05, 0.1) is 43.8 Å². The van der Waals surface area contributed by atoms with Gasteiger partial charge in [0.25, 0.3) is 11.5 Å². The van der Waals surface area contributed by atoms with E-state index in [9.17, 15) is 35.9 Å². The summed E-state index contributed by atoms with van der Waals surface area (Å²) in [6, 6.07) is 5.45. The van der Waals surface area contributed by atoms with Crippen molar-refractivity contribution in [1.82, 2.24) is 24.6 Å². The molecule has 2 fully saturated rings. The number of halogens is 6. The van der Waals surface area contributed by atoms with E-state index in [2.05, 4.69) is 20.4 Å². The molecule has 260 valence electrons. The van der Waals surface area contributed by atoms with Gasteiger partial charge in [0.15, 0.2) is 0 Å². The normalized spacial score (nSPS) is 18.3. The van der Waals surface area contributed by atoms with E-state index < -0.39 is 46.9 Å². The third-order valence-electron chi connectivity index (χ3n) is 8.31. The number of methoxy groups -OCH3 is 1. The summed E-state index contributed by atoms with van der Waals surface area (Å²) < 4.78 is 92.4. The number of hydrogen-bond acceptors (Lipinski definition) is 10. The molecule has 48 heavy (non-hydrogen) atoms. The Morgan fingerprint density at radius 1 is 0.958 bits per heavy atom. The van der Waals surface area contributed by atoms with E-state index >= 15 is 0 Å². The van der Waals surface area contributed by atoms with Gasteiger partial charge in [0, 0.05) is 51.0 Å². The molecule has 0 bridgehead atoms. The molecule has 2 aliphatic heterocycles. The van der Waals surface area contributed by atoms with Crippen LogP contribution in [0, 0.1) is 0 Å². The van der Waals surface area contributed by atoms with Crippen molar-refractivity contribution in [2.45, 2.75) is 56.3 Å². The van der Waals surface area contributed by atoms with Gasteiger partial charge in [-0.2, -0.15) is 31.4 Å². The zero-order valence-corrected chi connectivity index (χ0v) is 25.8. The van der Waals surface area contributed by atoms with Gasteiger partial charge in [-0.25, -0.2) is 14.6 Å². The van der Waals surface area contributed by atoms with Crippen LogP contribution >= 0.6 is 0 Å². The van der Waals surface area contributed by atoms with Crippen molar-refractivity contribution < 1.29 is 40.6 Å². The Labute approximate surface area is 270 Å². The molecule has 1 aromatic carbocycles. The Bertz CT molecular complexity index is 1610. The van der Waals surface area contributed by atoms with Crippen LogP contribution in [0.5, 0.6) is 5.75 Å². The molecule has 0 radical (unpaired) electrons. The highest BCUT2D eigenvalue weighted by Crippen LogP contribution is 2.33. The molecular weight excluding hydrogens is 650 g/mol. The smallest absolute Gasteiger partial charge is 0.423 e. The Hall–Kier alpha value is -4.45. The highest BCUT2D eigenvalue weighted by molar-refractivity contribution is 5.83. The van der Waals surface area contributed by atoms with E-state index in [1.54, 1.807) is 34.1 Å². The fourth-order valence-electron chi connectivity index (χ4n) is 5.71. The minimum Gasteiger partial charge on any atom is -0.497 e. The lowest BCUT2D eigenvalue weighted by atomic mass is 10.0. The summed E-state index contributed by atoms with van der Waals surface area (Å²) in [6.45, 7) is 0.688. The highest BCUT2D eigenvalue weighted by atomic mass is 19.4. The lowest BCUT2D eigenvalue weighted by Crippen LogP contribution is -2.47. The molecule has 1 unspecified atom stereocenters. The number of benzene rings is 1. The van der Waals surface area contributed by atoms with Crippen LogP contribution in [0.2, 0.25) is 0 Å². The standard InChI is InChI=1S/C30H34F6N8O4/c1-47-22-4-2-18(3-5-22)16-44-27(46)25(30(34,35)36)23(15-40-44)41-20(12-37)17-48-24-8-11-43(26(24)45)21-6-9-42(10-7-21)28-38-13-19(14-39-28)29(31,32)33/h2-5,13-15,20-21,24,41H,6-12,16-17,37H2,1H3/t20-,24?/m0/s1. The topological polar surface area (TPSA) is 141 Å². The molecule has 2 aliphatic rings. The second-order valence-corrected chi connectivity index (χ2v) is 11.4. The number of hydrogen-bond donors (Lipinski definition) is 2. The van der Waals surface area contributed by atoms with Crippen LogP contribution in [0.3, 0.4) is 0 Å². The molecule has 2 saturated heterocycles. The Morgan fingerprint density at radius 3 is 2.21 bits per heavy atom. The van der Waals surface area contributed by atoms with Gasteiger partial charge in [-0.1, -0.05) is 12.1 Å². The number of aromatic nitrogens is 4. The highest BCUT2D eigenvalue weighted by Gasteiger charge is 2.40. The molecule has 5 rings (SSSR count). The van der Waals surface area contributed by atoms with Crippen molar-refractivity contribution in [3.05, 3.63) is 69.9 Å². The SMILES string of the molecule is COc1ccc(Cn2ncc(N[C@@H](CN)COC3CCN(C4CCN(c5ncc(C(F)(F)F)cn5)CC4)C3=O)c(C(F)(F)F)c2=O)cc1. The zero-order valence-electron chi connectivity index (χ0n) is 25.8. The number of carbonyl (C=O) groups is 1. The molecule has 18 heteroatoms. The second-order valence-electron chi connectivity index (χ2n) is 11.4. The first-order chi connectivity index (χ1) is 22.8. The molecule has 2 atom stereocenters. The maximum atomic E-state index is 14.1. The lowest BCUT2D eigenvalue weighted by Gasteiger charge is -2.36. The number of rotatable bonds is 11. The fraction of sp³-hybridized carbons (Fsp3) is 0.500. The maximum absolute atomic E-state index is 14.1. The summed E-state index contributed by atoms with van der Waals surface area (Å²) in [5.41, 5.74) is 2.11. The molecule has 0 saturated carbocycles. The average Bonchev–Trinajstić information content (AvgIpc) is 3.43. The molecule has 1 amide bonds. The maximum Gasteiger partial charge on any atom is 0.423 e. The van der Waals surface area contributed by atoms with Crippen LogP contribution in [-0.4, -0.2) is 88.6 Å². The number of alkyl halides is 6. The van der Waals surface area contributed by atoms with Gasteiger partial charge in [-0.3, -0.25) is 9.59 Å². The molecule has 3 aromatic rings. The van der Waals surface area contributed by atoms with Gasteiger partial charge >= 0.3 is 12.4 Å². The van der Waals surface area contributed by atoms with E-state index in [4.69, 9.17) is 15.2 Å².